The van der Waals surface area contributed by atoms with Gasteiger partial charge in [0.15, 0.2) is 5.69 Å². The van der Waals surface area contributed by atoms with Crippen molar-refractivity contribution in [3.63, 3.8) is 0 Å². The molecule has 3 N–H and O–H groups in total. The zero-order valence-corrected chi connectivity index (χ0v) is 9.10. The van der Waals surface area contributed by atoms with E-state index in [1.807, 2.05) is 5.43 Å². The molecule has 17 heavy (non-hydrogen) atoms. The second-order valence-electron chi connectivity index (χ2n) is 3.36. The molecule has 7 heteroatoms. The van der Waals surface area contributed by atoms with Crippen molar-refractivity contribution in [1.82, 2.24) is 4.98 Å². The number of halogens is 4. The van der Waals surface area contributed by atoms with Gasteiger partial charge in [0.05, 0.1) is 11.2 Å². The third kappa shape index (κ3) is 2.27. The van der Waals surface area contributed by atoms with Gasteiger partial charge in [0, 0.05) is 10.4 Å². The topological polar surface area (TPSA) is 50.9 Å². The van der Waals surface area contributed by atoms with Crippen LogP contribution >= 0.6 is 11.6 Å². The lowest BCUT2D eigenvalue weighted by atomic mass is 10.1. The van der Waals surface area contributed by atoms with Crippen molar-refractivity contribution in [3.05, 3.63) is 35.0 Å². The van der Waals surface area contributed by atoms with E-state index in [1.54, 1.807) is 0 Å². The summed E-state index contributed by atoms with van der Waals surface area (Å²) in [5, 5.41) is 0.903. The van der Waals surface area contributed by atoms with E-state index < -0.39 is 11.9 Å². The number of nitrogens with two attached hydrogens (primary N) is 1. The predicted octanol–water partition coefficient (Wildman–Crippen LogP) is 3.19. The minimum atomic E-state index is -4.56. The zero-order valence-electron chi connectivity index (χ0n) is 8.35. The molecular formula is C10H7ClF3N3. The summed E-state index contributed by atoms with van der Waals surface area (Å²) in [6, 6.07) is 5.68. The lowest BCUT2D eigenvalue weighted by Crippen LogP contribution is -2.16. The first kappa shape index (κ1) is 11.9. The Labute approximate surface area is 99.4 Å². The van der Waals surface area contributed by atoms with Gasteiger partial charge in [0.25, 0.3) is 0 Å². The van der Waals surface area contributed by atoms with Gasteiger partial charge in [-0.3, -0.25) is 5.84 Å². The highest BCUT2D eigenvalue weighted by Gasteiger charge is 2.35. The van der Waals surface area contributed by atoms with E-state index in [4.69, 9.17) is 17.4 Å². The van der Waals surface area contributed by atoms with Gasteiger partial charge in [-0.05, 0) is 24.3 Å². The van der Waals surface area contributed by atoms with Crippen LogP contribution in [0, 0.1) is 0 Å². The zero-order chi connectivity index (χ0) is 12.6. The Hall–Kier alpha value is -1.53. The van der Waals surface area contributed by atoms with E-state index in [2.05, 4.69) is 4.98 Å². The van der Waals surface area contributed by atoms with Crippen LogP contribution in [0.1, 0.15) is 5.69 Å². The first-order chi connectivity index (χ1) is 7.91. The molecule has 2 rings (SSSR count). The third-order valence-electron chi connectivity index (χ3n) is 2.20. The number of hydrogen-bond donors (Lipinski definition) is 2. The predicted molar refractivity (Wildman–Crippen MR) is 59.6 cm³/mol. The molecule has 0 spiro atoms. The molecule has 0 saturated heterocycles. The molecule has 0 radical (unpaired) electrons. The van der Waals surface area contributed by atoms with Crippen LogP contribution in [0.15, 0.2) is 24.3 Å². The summed E-state index contributed by atoms with van der Waals surface area (Å²) in [4.78, 5) is 3.53. The Balaban J connectivity index is 2.73. The summed E-state index contributed by atoms with van der Waals surface area (Å²) >= 11 is 5.74. The van der Waals surface area contributed by atoms with Crippen LogP contribution in [0.4, 0.5) is 18.9 Å². The van der Waals surface area contributed by atoms with E-state index >= 15 is 0 Å². The van der Waals surface area contributed by atoms with Crippen LogP contribution in [-0.4, -0.2) is 4.98 Å². The summed E-state index contributed by atoms with van der Waals surface area (Å²) in [6.45, 7) is 0. The second-order valence-corrected chi connectivity index (χ2v) is 3.80. The molecule has 0 fully saturated rings. The number of anilines is 1. The smallest absolute Gasteiger partial charge is 0.322 e. The molecule has 3 nitrogen and oxygen atoms in total. The molecule has 0 aliphatic carbocycles. The third-order valence-corrected chi connectivity index (χ3v) is 2.44. The molecule has 0 aliphatic heterocycles. The fraction of sp³-hybridized carbons (Fsp3) is 0.100. The number of benzene rings is 1. The molecule has 90 valence electrons. The van der Waals surface area contributed by atoms with Gasteiger partial charge in [-0.15, -0.1) is 0 Å². The summed E-state index contributed by atoms with van der Waals surface area (Å²) < 4.78 is 38.0. The maximum absolute atomic E-state index is 12.7. The first-order valence-electron chi connectivity index (χ1n) is 4.56. The van der Waals surface area contributed by atoms with Gasteiger partial charge in [-0.1, -0.05) is 11.6 Å². The molecule has 0 saturated carbocycles. The number of nitrogens with zero attached hydrogens (tertiary/aromatic N) is 1. The van der Waals surface area contributed by atoms with Gasteiger partial charge in [0.2, 0.25) is 0 Å². The van der Waals surface area contributed by atoms with Gasteiger partial charge in [0.1, 0.15) is 0 Å². The van der Waals surface area contributed by atoms with Crippen molar-refractivity contribution in [3.8, 4) is 0 Å². The fourth-order valence-electron chi connectivity index (χ4n) is 1.47. The van der Waals surface area contributed by atoms with Crippen molar-refractivity contribution in [2.24, 2.45) is 5.84 Å². The Morgan fingerprint density at radius 3 is 2.53 bits per heavy atom. The Kier molecular flexibility index (Phi) is 2.84. The quantitative estimate of drug-likeness (QED) is 0.612. The minimum Gasteiger partial charge on any atom is -0.322 e. The van der Waals surface area contributed by atoms with E-state index in [-0.39, 0.29) is 11.2 Å². The van der Waals surface area contributed by atoms with Crippen molar-refractivity contribution in [1.29, 1.82) is 0 Å². The van der Waals surface area contributed by atoms with Crippen LogP contribution in [0.5, 0.6) is 0 Å². The number of nitrogen functional groups attached to an aromatic ring is 1. The van der Waals surface area contributed by atoms with Crippen molar-refractivity contribution in [2.75, 3.05) is 5.43 Å². The number of aromatic nitrogens is 1. The number of pyridine rings is 1. The maximum atomic E-state index is 12.7. The highest BCUT2D eigenvalue weighted by atomic mass is 35.5. The Morgan fingerprint density at radius 1 is 1.24 bits per heavy atom. The van der Waals surface area contributed by atoms with Gasteiger partial charge >= 0.3 is 6.18 Å². The van der Waals surface area contributed by atoms with E-state index in [1.165, 1.54) is 24.3 Å². The molecule has 0 aliphatic rings. The van der Waals surface area contributed by atoms with Crippen LogP contribution in [0.3, 0.4) is 0 Å². The molecule has 0 atom stereocenters. The molecule has 0 amide bonds. The SMILES string of the molecule is NNc1cc2cc(Cl)ccc2nc1C(F)(F)F. The fourth-order valence-corrected chi connectivity index (χ4v) is 1.65. The van der Waals surface area contributed by atoms with Crippen LogP contribution < -0.4 is 11.3 Å². The van der Waals surface area contributed by atoms with Crippen molar-refractivity contribution < 1.29 is 13.2 Å². The molecule has 0 bridgehead atoms. The molecule has 2 aromatic rings. The maximum Gasteiger partial charge on any atom is 0.435 e. The summed E-state index contributed by atoms with van der Waals surface area (Å²) in [7, 11) is 0. The van der Waals surface area contributed by atoms with Gasteiger partial charge in [-0.2, -0.15) is 13.2 Å². The Bertz CT molecular complexity index is 568. The van der Waals surface area contributed by atoms with Crippen LogP contribution in [-0.2, 0) is 6.18 Å². The average molecular weight is 262 g/mol. The number of nitrogens with one attached hydrogen (secondary N) is 1. The second kappa shape index (κ2) is 4.05. The van der Waals surface area contributed by atoms with E-state index in [9.17, 15) is 13.2 Å². The standard InChI is InChI=1S/C10H7ClF3N3/c11-6-1-2-7-5(3-6)4-8(17-15)9(16-7)10(12,13)14/h1-4,17H,15H2. The number of rotatable bonds is 1. The summed E-state index contributed by atoms with van der Waals surface area (Å²) in [5.74, 6) is 5.05. The Morgan fingerprint density at radius 2 is 1.94 bits per heavy atom. The van der Waals surface area contributed by atoms with Gasteiger partial charge < -0.3 is 5.43 Å². The molecular weight excluding hydrogens is 255 g/mol. The lowest BCUT2D eigenvalue weighted by molar-refractivity contribution is -0.140. The molecule has 0 unspecified atom stereocenters. The largest absolute Gasteiger partial charge is 0.435 e. The number of hydrazine groups is 1. The number of fused-ring (bicyclic) bond motifs is 1. The highest BCUT2D eigenvalue weighted by molar-refractivity contribution is 6.31. The van der Waals surface area contributed by atoms with Crippen LogP contribution in [0.2, 0.25) is 5.02 Å². The number of alkyl halides is 3. The monoisotopic (exact) mass is 261 g/mol. The molecule has 1 aromatic heterocycles. The highest BCUT2D eigenvalue weighted by Crippen LogP contribution is 2.35. The van der Waals surface area contributed by atoms with Crippen molar-refractivity contribution in [2.45, 2.75) is 6.18 Å². The van der Waals surface area contributed by atoms with E-state index in [0.29, 0.717) is 10.4 Å². The average Bonchev–Trinajstić information content (AvgIpc) is 2.25. The molecule has 1 aromatic carbocycles. The minimum absolute atomic E-state index is 0.209. The summed E-state index contributed by atoms with van der Waals surface area (Å²) in [6.07, 6.45) is -4.56. The summed E-state index contributed by atoms with van der Waals surface area (Å²) in [5.41, 5.74) is 0.866. The van der Waals surface area contributed by atoms with Crippen LogP contribution in [0.25, 0.3) is 10.9 Å². The van der Waals surface area contributed by atoms with Gasteiger partial charge in [-0.25, -0.2) is 4.98 Å². The normalized spacial score (nSPS) is 11.8. The van der Waals surface area contributed by atoms with Crippen molar-refractivity contribution >= 4 is 28.2 Å². The molecule has 1 heterocycles. The van der Waals surface area contributed by atoms with E-state index in [0.717, 1.165) is 0 Å². The number of hydrogen-bond acceptors (Lipinski definition) is 3. The lowest BCUT2D eigenvalue weighted by Gasteiger charge is -2.12. The first-order valence-corrected chi connectivity index (χ1v) is 4.94.